The van der Waals surface area contributed by atoms with Gasteiger partial charge in [-0.2, -0.15) is 0 Å². The van der Waals surface area contributed by atoms with Gasteiger partial charge >= 0.3 is 5.97 Å². The second-order valence-corrected chi connectivity index (χ2v) is 4.28. The van der Waals surface area contributed by atoms with Crippen LogP contribution in [0.2, 0.25) is 0 Å². The summed E-state index contributed by atoms with van der Waals surface area (Å²) in [5.41, 5.74) is 0.443. The van der Waals surface area contributed by atoms with E-state index in [2.05, 4.69) is 5.32 Å². The molecule has 1 rings (SSSR count). The molecule has 0 aliphatic carbocycles. The number of benzene rings is 1. The normalized spacial score (nSPS) is 11.5. The Labute approximate surface area is 116 Å². The van der Waals surface area contributed by atoms with Gasteiger partial charge in [0.2, 0.25) is 5.91 Å². The molecule has 2 N–H and O–H groups in total. The van der Waals surface area contributed by atoms with E-state index in [0.29, 0.717) is 11.3 Å². The predicted octanol–water partition coefficient (Wildman–Crippen LogP) is 1.25. The first kappa shape index (κ1) is 15.7. The summed E-state index contributed by atoms with van der Waals surface area (Å²) in [6.07, 6.45) is 0.112. The van der Waals surface area contributed by atoms with Crippen molar-refractivity contribution in [3.05, 3.63) is 29.8 Å². The smallest absolute Gasteiger partial charge is 0.326 e. The zero-order chi connectivity index (χ0) is 15.1. The minimum atomic E-state index is -1.12. The second kappa shape index (κ2) is 7.28. The molecule has 1 atom stereocenters. The summed E-state index contributed by atoms with van der Waals surface area (Å²) in [5.74, 6) is -1.26. The van der Waals surface area contributed by atoms with Gasteiger partial charge in [0.15, 0.2) is 5.78 Å². The molecule has 0 saturated carbocycles. The van der Waals surface area contributed by atoms with Crippen molar-refractivity contribution >= 4 is 17.7 Å². The molecule has 6 nitrogen and oxygen atoms in total. The first-order valence-electron chi connectivity index (χ1n) is 6.14. The summed E-state index contributed by atoms with van der Waals surface area (Å²) in [6.45, 7) is 2.77. The second-order valence-electron chi connectivity index (χ2n) is 4.28. The molecule has 1 unspecified atom stereocenters. The highest BCUT2D eigenvalue weighted by Crippen LogP contribution is 2.18. The maximum atomic E-state index is 11.4. The van der Waals surface area contributed by atoms with E-state index in [1.807, 2.05) is 0 Å². The lowest BCUT2D eigenvalue weighted by Gasteiger charge is -2.14. The number of hydrogen-bond donors (Lipinski definition) is 2. The van der Waals surface area contributed by atoms with Crippen molar-refractivity contribution in [3.63, 3.8) is 0 Å². The fourth-order valence-electron chi connectivity index (χ4n) is 1.67. The van der Waals surface area contributed by atoms with Crippen LogP contribution in [0.25, 0.3) is 0 Å². The molecule has 0 heterocycles. The van der Waals surface area contributed by atoms with Gasteiger partial charge in [-0.25, -0.2) is 4.79 Å². The van der Waals surface area contributed by atoms with Crippen LogP contribution in [-0.2, 0) is 9.59 Å². The van der Waals surface area contributed by atoms with Crippen molar-refractivity contribution in [2.24, 2.45) is 0 Å². The maximum absolute atomic E-state index is 11.4. The third kappa shape index (κ3) is 4.72. The zero-order valence-corrected chi connectivity index (χ0v) is 11.4. The number of nitrogens with one attached hydrogen (secondary N) is 1. The van der Waals surface area contributed by atoms with Crippen LogP contribution in [0.4, 0.5) is 0 Å². The van der Waals surface area contributed by atoms with Gasteiger partial charge in [0, 0.05) is 13.3 Å². The van der Waals surface area contributed by atoms with Crippen molar-refractivity contribution in [2.45, 2.75) is 26.3 Å². The van der Waals surface area contributed by atoms with Crippen LogP contribution in [0.3, 0.4) is 0 Å². The molecule has 0 saturated heterocycles. The number of rotatable bonds is 7. The molecule has 0 bridgehead atoms. The molecule has 1 aromatic rings. The first-order chi connectivity index (χ1) is 9.41. The van der Waals surface area contributed by atoms with Gasteiger partial charge in [0.05, 0.1) is 12.2 Å². The summed E-state index contributed by atoms with van der Waals surface area (Å²) in [6, 6.07) is 5.73. The SMILES string of the molecule is CC(=O)NC(CCOc1ccccc1C(C)=O)C(=O)O. The van der Waals surface area contributed by atoms with Gasteiger partial charge in [-0.1, -0.05) is 12.1 Å². The highest BCUT2D eigenvalue weighted by Gasteiger charge is 2.18. The molecule has 1 aromatic carbocycles. The molecule has 0 aliphatic rings. The number of carboxylic acids is 1. The average Bonchev–Trinajstić information content (AvgIpc) is 2.37. The fraction of sp³-hybridized carbons (Fsp3) is 0.357. The Morgan fingerprint density at radius 3 is 2.45 bits per heavy atom. The quantitative estimate of drug-likeness (QED) is 0.733. The van der Waals surface area contributed by atoms with Crippen molar-refractivity contribution in [3.8, 4) is 5.75 Å². The first-order valence-corrected chi connectivity index (χ1v) is 6.14. The minimum absolute atomic E-state index is 0.0849. The average molecular weight is 279 g/mol. The summed E-state index contributed by atoms with van der Waals surface area (Å²) < 4.78 is 5.43. The van der Waals surface area contributed by atoms with Crippen LogP contribution in [0.15, 0.2) is 24.3 Å². The molecule has 0 aliphatic heterocycles. The standard InChI is InChI=1S/C14H17NO5/c1-9(16)11-5-3-4-6-13(11)20-8-7-12(14(18)19)15-10(2)17/h3-6,12H,7-8H2,1-2H3,(H,15,17)(H,18,19). The Hall–Kier alpha value is -2.37. The van der Waals surface area contributed by atoms with Crippen LogP contribution >= 0.6 is 0 Å². The number of carbonyl (C=O) groups is 3. The number of hydrogen-bond acceptors (Lipinski definition) is 4. The number of ketones is 1. The molecule has 108 valence electrons. The van der Waals surface area contributed by atoms with E-state index >= 15 is 0 Å². The summed E-state index contributed by atoms with van der Waals surface area (Å²) in [4.78, 5) is 33.2. The largest absolute Gasteiger partial charge is 0.493 e. The molecule has 0 spiro atoms. The number of amides is 1. The maximum Gasteiger partial charge on any atom is 0.326 e. The lowest BCUT2D eigenvalue weighted by molar-refractivity contribution is -0.141. The van der Waals surface area contributed by atoms with Crippen LogP contribution in [0.1, 0.15) is 30.6 Å². The van der Waals surface area contributed by atoms with E-state index in [-0.39, 0.29) is 18.8 Å². The Balaban J connectivity index is 2.61. The number of carboxylic acid groups (broad SMARTS) is 1. The number of aliphatic carboxylic acids is 1. The lowest BCUT2D eigenvalue weighted by atomic mass is 10.1. The van der Waals surface area contributed by atoms with E-state index in [0.717, 1.165) is 0 Å². The zero-order valence-electron chi connectivity index (χ0n) is 11.4. The van der Waals surface area contributed by atoms with E-state index in [1.165, 1.54) is 13.8 Å². The van der Waals surface area contributed by atoms with Crippen LogP contribution in [0, 0.1) is 0 Å². The van der Waals surface area contributed by atoms with E-state index in [9.17, 15) is 14.4 Å². The molecular formula is C14H17NO5. The molecule has 0 fully saturated rings. The van der Waals surface area contributed by atoms with Crippen molar-refractivity contribution in [1.29, 1.82) is 0 Å². The van der Waals surface area contributed by atoms with Crippen molar-refractivity contribution in [1.82, 2.24) is 5.32 Å². The molecule has 0 aromatic heterocycles. The van der Waals surface area contributed by atoms with E-state index in [1.54, 1.807) is 24.3 Å². The Morgan fingerprint density at radius 2 is 1.90 bits per heavy atom. The highest BCUT2D eigenvalue weighted by molar-refractivity contribution is 5.96. The van der Waals surface area contributed by atoms with E-state index < -0.39 is 17.9 Å². The van der Waals surface area contributed by atoms with Crippen molar-refractivity contribution < 1.29 is 24.2 Å². The van der Waals surface area contributed by atoms with Crippen molar-refractivity contribution in [2.75, 3.05) is 6.61 Å². The Morgan fingerprint density at radius 1 is 1.25 bits per heavy atom. The summed E-state index contributed by atoms with van der Waals surface area (Å²) >= 11 is 0. The molecule has 6 heteroatoms. The van der Waals surface area contributed by atoms with Gasteiger partial charge < -0.3 is 15.2 Å². The van der Waals surface area contributed by atoms with Crippen LogP contribution < -0.4 is 10.1 Å². The van der Waals surface area contributed by atoms with Crippen LogP contribution in [-0.4, -0.2) is 35.4 Å². The molecule has 20 heavy (non-hydrogen) atoms. The van der Waals surface area contributed by atoms with Gasteiger partial charge in [-0.3, -0.25) is 9.59 Å². The Kier molecular flexibility index (Phi) is 5.71. The fourth-order valence-corrected chi connectivity index (χ4v) is 1.67. The molecule has 0 radical (unpaired) electrons. The molecular weight excluding hydrogens is 262 g/mol. The summed E-state index contributed by atoms with van der Waals surface area (Å²) in [7, 11) is 0. The van der Waals surface area contributed by atoms with E-state index in [4.69, 9.17) is 9.84 Å². The monoisotopic (exact) mass is 279 g/mol. The molecule has 1 amide bonds. The number of carbonyl (C=O) groups excluding carboxylic acids is 2. The topological polar surface area (TPSA) is 92.7 Å². The number of para-hydroxylation sites is 1. The predicted molar refractivity (Wildman–Crippen MR) is 71.8 cm³/mol. The van der Waals surface area contributed by atoms with Gasteiger partial charge in [-0.15, -0.1) is 0 Å². The van der Waals surface area contributed by atoms with Gasteiger partial charge in [-0.05, 0) is 19.1 Å². The van der Waals surface area contributed by atoms with Gasteiger partial charge in [0.25, 0.3) is 0 Å². The summed E-state index contributed by atoms with van der Waals surface area (Å²) in [5, 5.41) is 11.3. The highest BCUT2D eigenvalue weighted by atomic mass is 16.5. The lowest BCUT2D eigenvalue weighted by Crippen LogP contribution is -2.40. The Bertz CT molecular complexity index is 512. The van der Waals surface area contributed by atoms with Gasteiger partial charge in [0.1, 0.15) is 11.8 Å². The number of Topliss-reactive ketones (excluding diaryl/α,β-unsaturated/α-hetero) is 1. The van der Waals surface area contributed by atoms with Crippen LogP contribution in [0.5, 0.6) is 5.75 Å². The third-order valence-electron chi connectivity index (χ3n) is 2.61. The third-order valence-corrected chi connectivity index (χ3v) is 2.61. The number of ether oxygens (including phenoxy) is 1. The minimum Gasteiger partial charge on any atom is -0.493 e.